The predicted molar refractivity (Wildman–Crippen MR) is 101 cm³/mol. The predicted octanol–water partition coefficient (Wildman–Crippen LogP) is 1.59. The first-order chi connectivity index (χ1) is 12.8. The maximum absolute atomic E-state index is 12.6. The van der Waals surface area contributed by atoms with Crippen LogP contribution < -0.4 is 5.32 Å². The fourth-order valence-electron chi connectivity index (χ4n) is 2.81. The zero-order valence-corrected chi connectivity index (χ0v) is 16.6. The average Bonchev–Trinajstić information content (AvgIpc) is 2.66. The summed E-state index contributed by atoms with van der Waals surface area (Å²) in [5.41, 5.74) is -0.561. The van der Waals surface area contributed by atoms with Crippen molar-refractivity contribution >= 4 is 29.4 Å². The molecule has 1 saturated heterocycles. The second kappa shape index (κ2) is 9.14. The molecule has 9 heteroatoms. The Morgan fingerprint density at radius 3 is 2.44 bits per heavy atom. The van der Waals surface area contributed by atoms with E-state index in [1.54, 1.807) is 31.7 Å². The number of ether oxygens (including phenoxy) is 1. The summed E-state index contributed by atoms with van der Waals surface area (Å²) in [4.78, 5) is 44.1. The molecule has 0 aromatic carbocycles. The van der Waals surface area contributed by atoms with Crippen LogP contribution in [0.5, 0.6) is 0 Å². The molecule has 1 N–H and O–H groups in total. The molecule has 1 aromatic rings. The van der Waals surface area contributed by atoms with E-state index in [1.807, 2.05) is 4.90 Å². The molecular formula is C18H25ClN4O4. The summed E-state index contributed by atoms with van der Waals surface area (Å²) in [6.45, 7) is 7.64. The SMILES string of the molecule is CCOC(=O)N1CCN(C(C)(C)C(=O)NCC(=O)c2ccc(Cl)cn2)CC1. The standard InChI is InChI=1S/C18H25ClN4O4/c1-4-27-17(26)22-7-9-23(10-8-22)18(2,3)16(25)21-12-15(24)14-6-5-13(19)11-20-14/h5-6,11H,4,7-10,12H2,1-3H3,(H,21,25). The molecule has 0 radical (unpaired) electrons. The van der Waals surface area contributed by atoms with E-state index in [1.165, 1.54) is 12.3 Å². The Morgan fingerprint density at radius 1 is 1.22 bits per heavy atom. The van der Waals surface area contributed by atoms with Crippen molar-refractivity contribution in [3.05, 3.63) is 29.0 Å². The van der Waals surface area contributed by atoms with Gasteiger partial charge in [-0.3, -0.25) is 19.5 Å². The van der Waals surface area contributed by atoms with Crippen molar-refractivity contribution in [3.63, 3.8) is 0 Å². The molecule has 1 aliphatic heterocycles. The average molecular weight is 397 g/mol. The largest absolute Gasteiger partial charge is 0.450 e. The number of pyridine rings is 1. The van der Waals surface area contributed by atoms with Gasteiger partial charge < -0.3 is 15.0 Å². The van der Waals surface area contributed by atoms with E-state index < -0.39 is 5.54 Å². The lowest BCUT2D eigenvalue weighted by atomic mass is 10.00. The van der Waals surface area contributed by atoms with Gasteiger partial charge in [0, 0.05) is 32.4 Å². The van der Waals surface area contributed by atoms with Gasteiger partial charge in [-0.05, 0) is 32.9 Å². The number of Topliss-reactive ketones (excluding diaryl/α,β-unsaturated/α-hetero) is 1. The second-order valence-electron chi connectivity index (χ2n) is 6.70. The van der Waals surface area contributed by atoms with Gasteiger partial charge in [0.1, 0.15) is 5.69 Å². The van der Waals surface area contributed by atoms with E-state index in [9.17, 15) is 14.4 Å². The smallest absolute Gasteiger partial charge is 0.409 e. The Kier molecular flexibility index (Phi) is 7.15. The van der Waals surface area contributed by atoms with Gasteiger partial charge in [-0.2, -0.15) is 0 Å². The molecule has 2 amide bonds. The van der Waals surface area contributed by atoms with E-state index in [0.29, 0.717) is 37.8 Å². The minimum atomic E-state index is -0.811. The highest BCUT2D eigenvalue weighted by molar-refractivity contribution is 6.30. The maximum Gasteiger partial charge on any atom is 0.409 e. The van der Waals surface area contributed by atoms with E-state index in [-0.39, 0.29) is 30.0 Å². The third-order valence-corrected chi connectivity index (χ3v) is 4.80. The summed E-state index contributed by atoms with van der Waals surface area (Å²) < 4.78 is 5.00. The number of carbonyl (C=O) groups excluding carboxylic acids is 3. The number of halogens is 1. The summed E-state index contributed by atoms with van der Waals surface area (Å²) in [5.74, 6) is -0.544. The number of nitrogens with one attached hydrogen (secondary N) is 1. The minimum absolute atomic E-state index is 0.139. The molecule has 2 rings (SSSR count). The van der Waals surface area contributed by atoms with Crippen molar-refractivity contribution in [3.8, 4) is 0 Å². The third kappa shape index (κ3) is 5.40. The Morgan fingerprint density at radius 2 is 1.89 bits per heavy atom. The Labute approximate surface area is 163 Å². The van der Waals surface area contributed by atoms with Gasteiger partial charge in [0.05, 0.1) is 23.7 Å². The van der Waals surface area contributed by atoms with Gasteiger partial charge in [-0.1, -0.05) is 11.6 Å². The number of nitrogens with zero attached hydrogens (tertiary/aromatic N) is 3. The number of carbonyl (C=O) groups is 3. The minimum Gasteiger partial charge on any atom is -0.450 e. The molecule has 0 spiro atoms. The summed E-state index contributed by atoms with van der Waals surface area (Å²) >= 11 is 5.76. The van der Waals surface area contributed by atoms with E-state index in [0.717, 1.165) is 0 Å². The Hall–Kier alpha value is -2.19. The molecule has 1 fully saturated rings. The summed E-state index contributed by atoms with van der Waals surface area (Å²) in [7, 11) is 0. The monoisotopic (exact) mass is 396 g/mol. The number of rotatable bonds is 6. The quantitative estimate of drug-likeness (QED) is 0.734. The molecule has 8 nitrogen and oxygen atoms in total. The van der Waals surface area contributed by atoms with Gasteiger partial charge in [0.2, 0.25) is 5.91 Å². The van der Waals surface area contributed by atoms with Crippen LogP contribution >= 0.6 is 11.6 Å². The van der Waals surface area contributed by atoms with E-state index in [2.05, 4.69) is 10.3 Å². The van der Waals surface area contributed by atoms with Crippen LogP contribution in [-0.2, 0) is 9.53 Å². The molecule has 1 aromatic heterocycles. The second-order valence-corrected chi connectivity index (χ2v) is 7.14. The summed E-state index contributed by atoms with van der Waals surface area (Å²) in [6, 6.07) is 3.10. The van der Waals surface area contributed by atoms with Crippen molar-refractivity contribution in [1.29, 1.82) is 0 Å². The number of hydrogen-bond acceptors (Lipinski definition) is 6. The van der Waals surface area contributed by atoms with Gasteiger partial charge in [-0.15, -0.1) is 0 Å². The molecule has 0 unspecified atom stereocenters. The fourth-order valence-corrected chi connectivity index (χ4v) is 2.93. The molecule has 0 atom stereocenters. The molecular weight excluding hydrogens is 372 g/mol. The number of amides is 2. The number of hydrogen-bond donors (Lipinski definition) is 1. The van der Waals surface area contributed by atoms with Crippen LogP contribution in [0, 0.1) is 0 Å². The van der Waals surface area contributed by atoms with Gasteiger partial charge in [0.25, 0.3) is 0 Å². The molecule has 0 bridgehead atoms. The van der Waals surface area contributed by atoms with Crippen molar-refractivity contribution in [2.45, 2.75) is 26.3 Å². The number of aromatic nitrogens is 1. The zero-order valence-electron chi connectivity index (χ0n) is 15.8. The van der Waals surface area contributed by atoms with Crippen molar-refractivity contribution in [2.75, 3.05) is 39.3 Å². The van der Waals surface area contributed by atoms with Crippen LogP contribution in [0.2, 0.25) is 5.02 Å². The highest BCUT2D eigenvalue weighted by Gasteiger charge is 2.37. The molecule has 27 heavy (non-hydrogen) atoms. The molecule has 148 valence electrons. The van der Waals surface area contributed by atoms with Crippen molar-refractivity contribution in [1.82, 2.24) is 20.1 Å². The van der Waals surface area contributed by atoms with Gasteiger partial charge in [-0.25, -0.2) is 4.79 Å². The van der Waals surface area contributed by atoms with Crippen molar-refractivity contribution < 1.29 is 19.1 Å². The van der Waals surface area contributed by atoms with Crippen molar-refractivity contribution in [2.24, 2.45) is 0 Å². The van der Waals surface area contributed by atoms with E-state index in [4.69, 9.17) is 16.3 Å². The number of piperazine rings is 1. The van der Waals surface area contributed by atoms with Crippen LogP contribution in [0.15, 0.2) is 18.3 Å². The van der Waals surface area contributed by atoms with Crippen LogP contribution in [0.4, 0.5) is 4.79 Å². The Bertz CT molecular complexity index is 685. The fraction of sp³-hybridized carbons (Fsp3) is 0.556. The number of ketones is 1. The summed E-state index contributed by atoms with van der Waals surface area (Å²) in [6.07, 6.45) is 1.06. The lowest BCUT2D eigenvalue weighted by Gasteiger charge is -2.42. The van der Waals surface area contributed by atoms with Crippen LogP contribution in [0.1, 0.15) is 31.3 Å². The molecule has 0 saturated carbocycles. The maximum atomic E-state index is 12.6. The lowest BCUT2D eigenvalue weighted by molar-refractivity contribution is -0.132. The first-order valence-corrected chi connectivity index (χ1v) is 9.23. The van der Waals surface area contributed by atoms with Gasteiger partial charge in [0.15, 0.2) is 5.78 Å². The van der Waals surface area contributed by atoms with Crippen LogP contribution in [0.3, 0.4) is 0 Å². The molecule has 2 heterocycles. The summed E-state index contributed by atoms with van der Waals surface area (Å²) in [5, 5.41) is 3.12. The highest BCUT2D eigenvalue weighted by atomic mass is 35.5. The normalized spacial score (nSPS) is 15.3. The molecule has 1 aliphatic rings. The van der Waals surface area contributed by atoms with Gasteiger partial charge >= 0.3 is 6.09 Å². The first-order valence-electron chi connectivity index (χ1n) is 8.85. The van der Waals surface area contributed by atoms with Crippen LogP contribution in [0.25, 0.3) is 0 Å². The first kappa shape index (κ1) is 21.1. The Balaban J connectivity index is 1.87. The third-order valence-electron chi connectivity index (χ3n) is 4.57. The van der Waals surface area contributed by atoms with E-state index >= 15 is 0 Å². The topological polar surface area (TPSA) is 91.8 Å². The molecule has 0 aliphatic carbocycles. The zero-order chi connectivity index (χ0) is 20.0. The lowest BCUT2D eigenvalue weighted by Crippen LogP contribution is -2.61. The van der Waals surface area contributed by atoms with Crippen LogP contribution in [-0.4, -0.2) is 77.4 Å². The highest BCUT2D eigenvalue weighted by Crippen LogP contribution is 2.18.